The maximum atomic E-state index is 5.50. The van der Waals surface area contributed by atoms with E-state index in [1.165, 1.54) is 0 Å². The first-order valence-corrected chi connectivity index (χ1v) is 9.42. The van der Waals surface area contributed by atoms with E-state index < -0.39 is 0 Å². The van der Waals surface area contributed by atoms with E-state index in [4.69, 9.17) is 9.73 Å². The predicted octanol–water partition coefficient (Wildman–Crippen LogP) is 3.43. The molecule has 0 bridgehead atoms. The summed E-state index contributed by atoms with van der Waals surface area (Å²) in [6.07, 6.45) is 8.01. The SMILES string of the molecule is C=C1NC([C@@H]2CC[C@H]2c2ccccn2)=Nc2c1cnn2C1CCOCC1. The van der Waals surface area contributed by atoms with Gasteiger partial charge in [0.2, 0.25) is 0 Å². The Hall–Kier alpha value is -2.47. The van der Waals surface area contributed by atoms with Crippen LogP contribution in [0.3, 0.4) is 0 Å². The summed E-state index contributed by atoms with van der Waals surface area (Å²) < 4.78 is 7.58. The molecule has 2 aromatic heterocycles. The first-order chi connectivity index (χ1) is 12.8. The van der Waals surface area contributed by atoms with E-state index in [1.54, 1.807) is 0 Å². The molecule has 0 aromatic carbocycles. The van der Waals surface area contributed by atoms with Crippen molar-refractivity contribution in [1.82, 2.24) is 20.1 Å². The maximum Gasteiger partial charge on any atom is 0.162 e. The molecule has 3 aliphatic rings. The minimum absolute atomic E-state index is 0.358. The highest BCUT2D eigenvalue weighted by molar-refractivity contribution is 5.99. The van der Waals surface area contributed by atoms with Crippen LogP contribution in [0.25, 0.3) is 5.70 Å². The van der Waals surface area contributed by atoms with Gasteiger partial charge in [0.05, 0.1) is 17.8 Å². The standard InChI is InChI=1S/C20H23N5O/c1-13-17-12-22-25(14-7-10-26-11-8-14)20(17)24-19(23-13)16-6-5-15(16)18-4-2-3-9-21-18/h2-4,9,12,14-16H,1,5-8,10-11H2,(H,23,24)/t15-,16-/m1/s1. The van der Waals surface area contributed by atoms with Gasteiger partial charge in [-0.1, -0.05) is 12.6 Å². The fourth-order valence-electron chi connectivity index (χ4n) is 4.19. The van der Waals surface area contributed by atoms with Crippen molar-refractivity contribution in [2.24, 2.45) is 10.9 Å². The van der Waals surface area contributed by atoms with Crippen molar-refractivity contribution in [3.05, 3.63) is 48.4 Å². The number of pyridine rings is 1. The average Bonchev–Trinajstić information content (AvgIpc) is 3.07. The van der Waals surface area contributed by atoms with Gasteiger partial charge >= 0.3 is 0 Å². The number of fused-ring (bicyclic) bond motifs is 1. The molecule has 2 fully saturated rings. The number of rotatable bonds is 3. The Kier molecular flexibility index (Phi) is 3.85. The lowest BCUT2D eigenvalue weighted by Gasteiger charge is -2.38. The van der Waals surface area contributed by atoms with Crippen LogP contribution < -0.4 is 5.32 Å². The molecule has 134 valence electrons. The average molecular weight is 349 g/mol. The van der Waals surface area contributed by atoms with Gasteiger partial charge in [-0.25, -0.2) is 9.67 Å². The summed E-state index contributed by atoms with van der Waals surface area (Å²) in [5, 5.41) is 8.07. The Bertz CT molecular complexity index is 850. The molecule has 26 heavy (non-hydrogen) atoms. The van der Waals surface area contributed by atoms with Crippen molar-refractivity contribution in [1.29, 1.82) is 0 Å². The Morgan fingerprint density at radius 2 is 1.96 bits per heavy atom. The van der Waals surface area contributed by atoms with Gasteiger partial charge < -0.3 is 10.1 Å². The van der Waals surface area contributed by atoms with Gasteiger partial charge in [0, 0.05) is 42.6 Å². The molecule has 6 nitrogen and oxygen atoms in total. The van der Waals surface area contributed by atoms with Crippen molar-refractivity contribution in [2.75, 3.05) is 13.2 Å². The van der Waals surface area contributed by atoms with Crippen LogP contribution in [0.4, 0.5) is 5.82 Å². The largest absolute Gasteiger partial charge is 0.381 e. The summed E-state index contributed by atoms with van der Waals surface area (Å²) >= 11 is 0. The fourth-order valence-corrected chi connectivity index (χ4v) is 4.19. The summed E-state index contributed by atoms with van der Waals surface area (Å²) in [5.41, 5.74) is 3.06. The van der Waals surface area contributed by atoms with E-state index in [9.17, 15) is 0 Å². The van der Waals surface area contributed by atoms with Crippen molar-refractivity contribution < 1.29 is 4.74 Å². The van der Waals surface area contributed by atoms with Crippen LogP contribution in [0.5, 0.6) is 0 Å². The molecule has 2 atom stereocenters. The minimum atomic E-state index is 0.358. The monoisotopic (exact) mass is 349 g/mol. The molecule has 4 heterocycles. The quantitative estimate of drug-likeness (QED) is 0.922. The van der Waals surface area contributed by atoms with Gasteiger partial charge in [-0.15, -0.1) is 0 Å². The van der Waals surface area contributed by atoms with Gasteiger partial charge in [-0.2, -0.15) is 5.10 Å². The minimum Gasteiger partial charge on any atom is -0.381 e. The van der Waals surface area contributed by atoms with Crippen LogP contribution in [-0.4, -0.2) is 33.8 Å². The molecule has 1 saturated carbocycles. The topological polar surface area (TPSA) is 64.3 Å². The number of nitrogens with zero attached hydrogens (tertiary/aromatic N) is 4. The molecule has 0 amide bonds. The molecule has 6 heteroatoms. The lowest BCUT2D eigenvalue weighted by Crippen LogP contribution is -2.40. The molecule has 2 aliphatic heterocycles. The molecule has 0 spiro atoms. The summed E-state index contributed by atoms with van der Waals surface area (Å²) in [6.45, 7) is 5.80. The second kappa shape index (κ2) is 6.36. The highest BCUT2D eigenvalue weighted by Crippen LogP contribution is 2.44. The van der Waals surface area contributed by atoms with E-state index in [0.29, 0.717) is 17.9 Å². The molecule has 1 N–H and O–H groups in total. The van der Waals surface area contributed by atoms with Crippen molar-refractivity contribution in [3.8, 4) is 0 Å². The molecule has 1 aliphatic carbocycles. The highest BCUT2D eigenvalue weighted by Gasteiger charge is 2.39. The number of amidine groups is 1. The molecule has 1 saturated heterocycles. The van der Waals surface area contributed by atoms with Crippen LogP contribution >= 0.6 is 0 Å². The number of nitrogens with one attached hydrogen (secondary N) is 1. The predicted molar refractivity (Wildman–Crippen MR) is 100 cm³/mol. The molecular formula is C20H23N5O. The number of hydrogen-bond donors (Lipinski definition) is 1. The number of aliphatic imine (C=N–C) groups is 1. The van der Waals surface area contributed by atoms with Crippen LogP contribution in [0.15, 0.2) is 42.2 Å². The van der Waals surface area contributed by atoms with Gasteiger partial charge in [0.25, 0.3) is 0 Å². The third kappa shape index (κ3) is 2.56. The molecule has 0 radical (unpaired) electrons. The summed E-state index contributed by atoms with van der Waals surface area (Å²) in [5.74, 6) is 2.75. The van der Waals surface area contributed by atoms with Crippen LogP contribution in [0.1, 0.15) is 48.9 Å². The molecule has 5 rings (SSSR count). The van der Waals surface area contributed by atoms with E-state index >= 15 is 0 Å². The zero-order valence-corrected chi connectivity index (χ0v) is 14.8. The van der Waals surface area contributed by atoms with Gasteiger partial charge in [0.15, 0.2) is 5.82 Å². The van der Waals surface area contributed by atoms with Crippen molar-refractivity contribution in [3.63, 3.8) is 0 Å². The third-order valence-corrected chi connectivity index (χ3v) is 5.83. The summed E-state index contributed by atoms with van der Waals surface area (Å²) in [6, 6.07) is 6.50. The second-order valence-corrected chi connectivity index (χ2v) is 7.32. The normalized spacial score (nSPS) is 25.8. The Balaban J connectivity index is 1.47. The number of hydrogen-bond acceptors (Lipinski definition) is 5. The first-order valence-electron chi connectivity index (χ1n) is 9.42. The zero-order chi connectivity index (χ0) is 17.5. The fraction of sp³-hybridized carbons (Fsp3) is 0.450. The van der Waals surface area contributed by atoms with E-state index in [2.05, 4.69) is 38.8 Å². The van der Waals surface area contributed by atoms with E-state index in [1.807, 2.05) is 18.5 Å². The molecule has 0 unspecified atom stereocenters. The Labute approximate surface area is 153 Å². The van der Waals surface area contributed by atoms with Crippen LogP contribution in [-0.2, 0) is 4.74 Å². The van der Waals surface area contributed by atoms with Crippen molar-refractivity contribution in [2.45, 2.75) is 37.6 Å². The Morgan fingerprint density at radius 3 is 2.69 bits per heavy atom. The number of ether oxygens (including phenoxy) is 1. The molecule has 2 aromatic rings. The van der Waals surface area contributed by atoms with Crippen LogP contribution in [0, 0.1) is 5.92 Å². The number of aromatic nitrogens is 3. The lowest BCUT2D eigenvalue weighted by molar-refractivity contribution is 0.0667. The third-order valence-electron chi connectivity index (χ3n) is 5.83. The zero-order valence-electron chi connectivity index (χ0n) is 14.8. The summed E-state index contributed by atoms with van der Waals surface area (Å²) in [4.78, 5) is 9.56. The van der Waals surface area contributed by atoms with E-state index in [-0.39, 0.29) is 0 Å². The smallest absolute Gasteiger partial charge is 0.162 e. The van der Waals surface area contributed by atoms with Gasteiger partial charge in [0.1, 0.15) is 5.84 Å². The van der Waals surface area contributed by atoms with Crippen molar-refractivity contribution >= 4 is 17.4 Å². The molecular weight excluding hydrogens is 326 g/mol. The Morgan fingerprint density at radius 1 is 1.12 bits per heavy atom. The highest BCUT2D eigenvalue weighted by atomic mass is 16.5. The lowest BCUT2D eigenvalue weighted by atomic mass is 9.70. The second-order valence-electron chi connectivity index (χ2n) is 7.32. The summed E-state index contributed by atoms with van der Waals surface area (Å²) in [7, 11) is 0. The van der Waals surface area contributed by atoms with Gasteiger partial charge in [-0.05, 0) is 37.8 Å². The van der Waals surface area contributed by atoms with Crippen LogP contribution in [0.2, 0.25) is 0 Å². The van der Waals surface area contributed by atoms with E-state index in [0.717, 1.165) is 67.5 Å². The maximum absolute atomic E-state index is 5.50. The van der Waals surface area contributed by atoms with Gasteiger partial charge in [-0.3, -0.25) is 4.98 Å². The first kappa shape index (κ1) is 15.8.